The van der Waals surface area contributed by atoms with Gasteiger partial charge in [-0.15, -0.1) is 5.10 Å². The van der Waals surface area contributed by atoms with E-state index in [0.29, 0.717) is 25.6 Å². The van der Waals surface area contributed by atoms with E-state index in [2.05, 4.69) is 29.5 Å². The van der Waals surface area contributed by atoms with Crippen LogP contribution in [0.2, 0.25) is 0 Å². The molecule has 3 heterocycles. The van der Waals surface area contributed by atoms with Gasteiger partial charge in [-0.25, -0.2) is 4.68 Å². The molecule has 3 atom stereocenters. The number of carbonyl (C=O) groups excluding carboxylic acids is 2. The van der Waals surface area contributed by atoms with Crippen LogP contribution < -0.4 is 5.32 Å². The van der Waals surface area contributed by atoms with Crippen LogP contribution in [-0.2, 0) is 25.6 Å². The first-order valence-corrected chi connectivity index (χ1v) is 13.7. The van der Waals surface area contributed by atoms with E-state index in [1.165, 1.54) is 5.56 Å². The minimum Gasteiger partial charge on any atom is -0.376 e. The van der Waals surface area contributed by atoms with Crippen molar-refractivity contribution in [2.45, 2.75) is 70.2 Å². The van der Waals surface area contributed by atoms with Crippen LogP contribution >= 0.6 is 0 Å². The van der Waals surface area contributed by atoms with Gasteiger partial charge >= 0.3 is 0 Å². The van der Waals surface area contributed by atoms with Crippen molar-refractivity contribution in [2.24, 2.45) is 0 Å². The number of aromatic nitrogens is 3. The first-order chi connectivity index (χ1) is 18.5. The van der Waals surface area contributed by atoms with E-state index in [1.807, 2.05) is 48.5 Å². The van der Waals surface area contributed by atoms with Crippen LogP contribution in [0.15, 0.2) is 48.5 Å². The third-order valence-corrected chi connectivity index (χ3v) is 7.46. The monoisotopic (exact) mass is 519 g/mol. The number of nitrogens with zero attached hydrogens (tertiary/aromatic N) is 4. The third kappa shape index (κ3) is 6.05. The molecule has 0 spiro atoms. The summed E-state index contributed by atoms with van der Waals surface area (Å²) in [6.45, 7) is 6.39. The zero-order chi connectivity index (χ0) is 26.5. The Morgan fingerprint density at radius 2 is 1.68 bits per heavy atom. The Bertz CT molecular complexity index is 1230. The van der Waals surface area contributed by atoms with E-state index in [4.69, 9.17) is 9.47 Å². The number of carbonyl (C=O) groups is 2. The number of fused-ring (bicyclic) bond motifs is 1. The quantitative estimate of drug-likeness (QED) is 0.440. The Hall–Kier alpha value is -3.30. The van der Waals surface area contributed by atoms with Crippen LogP contribution in [0.3, 0.4) is 0 Å². The lowest BCUT2D eigenvalue weighted by atomic mass is 9.97. The lowest BCUT2D eigenvalue weighted by molar-refractivity contribution is -0.143. The normalized spacial score (nSPS) is 20.2. The highest BCUT2D eigenvalue weighted by Crippen LogP contribution is 2.27. The molecule has 5 rings (SSSR count). The van der Waals surface area contributed by atoms with Crippen molar-refractivity contribution < 1.29 is 19.1 Å². The second kappa shape index (κ2) is 12.0. The highest BCUT2D eigenvalue weighted by Gasteiger charge is 2.35. The van der Waals surface area contributed by atoms with E-state index in [9.17, 15) is 9.59 Å². The Kier molecular flexibility index (Phi) is 8.34. The highest BCUT2D eigenvalue weighted by molar-refractivity contribution is 5.89. The number of hydrogen-bond acceptors (Lipinski definition) is 6. The average molecular weight is 520 g/mol. The topological polar surface area (TPSA) is 98.6 Å². The van der Waals surface area contributed by atoms with Crippen molar-refractivity contribution in [3.63, 3.8) is 0 Å². The maximum Gasteiger partial charge on any atom is 0.247 e. The van der Waals surface area contributed by atoms with Gasteiger partial charge in [0.25, 0.3) is 0 Å². The maximum atomic E-state index is 14.0. The lowest BCUT2D eigenvalue weighted by Crippen LogP contribution is -2.48. The molecule has 0 radical (unpaired) electrons. The van der Waals surface area contributed by atoms with Crippen LogP contribution in [0.1, 0.15) is 62.6 Å². The average Bonchev–Trinajstić information content (AvgIpc) is 3.71. The van der Waals surface area contributed by atoms with Crippen LogP contribution in [0.5, 0.6) is 0 Å². The molecule has 1 N–H and O–H groups in total. The van der Waals surface area contributed by atoms with Gasteiger partial charge in [0, 0.05) is 26.3 Å². The molecule has 3 unspecified atom stereocenters. The SMILES string of the molecule is CC(C)c1ccc(C(C(=O)NCC2CCCO2)N(CC2CCCO2)C(=O)Cn2nnc3ccccc32)cc1. The van der Waals surface area contributed by atoms with Crippen LogP contribution in [0.25, 0.3) is 11.0 Å². The van der Waals surface area contributed by atoms with Gasteiger partial charge in [0.2, 0.25) is 11.8 Å². The fraction of sp³-hybridized carbons (Fsp3) is 0.517. The predicted molar refractivity (Wildman–Crippen MR) is 143 cm³/mol. The van der Waals surface area contributed by atoms with Crippen molar-refractivity contribution in [3.8, 4) is 0 Å². The molecule has 0 aliphatic carbocycles. The lowest BCUT2D eigenvalue weighted by Gasteiger charge is -2.33. The molecule has 0 saturated carbocycles. The molecule has 2 aliphatic rings. The second-order valence-corrected chi connectivity index (χ2v) is 10.5. The van der Waals surface area contributed by atoms with E-state index in [1.54, 1.807) is 9.58 Å². The van der Waals surface area contributed by atoms with Gasteiger partial charge < -0.3 is 19.7 Å². The molecule has 202 valence electrons. The summed E-state index contributed by atoms with van der Waals surface area (Å²) >= 11 is 0. The third-order valence-electron chi connectivity index (χ3n) is 7.46. The molecular formula is C29H37N5O4. The minimum absolute atomic E-state index is 0.00625. The predicted octanol–water partition coefficient (Wildman–Crippen LogP) is 3.60. The van der Waals surface area contributed by atoms with Crippen molar-refractivity contribution in [1.29, 1.82) is 0 Å². The number of amides is 2. The Morgan fingerprint density at radius 3 is 2.37 bits per heavy atom. The Morgan fingerprint density at radius 1 is 1.00 bits per heavy atom. The van der Waals surface area contributed by atoms with Crippen molar-refractivity contribution >= 4 is 22.8 Å². The summed E-state index contributed by atoms with van der Waals surface area (Å²) < 4.78 is 13.2. The molecule has 38 heavy (non-hydrogen) atoms. The van der Waals surface area contributed by atoms with E-state index in [0.717, 1.165) is 48.9 Å². The van der Waals surface area contributed by atoms with Gasteiger partial charge in [0.15, 0.2) is 0 Å². The molecule has 9 heteroatoms. The molecule has 2 amide bonds. The van der Waals surface area contributed by atoms with Gasteiger partial charge in [-0.3, -0.25) is 9.59 Å². The first-order valence-electron chi connectivity index (χ1n) is 13.7. The standard InChI is InChI=1S/C29H37N5O4/c1-20(2)21-11-13-22(14-12-21)28(29(36)30-17-23-7-5-15-37-23)33(18-24-8-6-16-38-24)27(35)19-34-26-10-4-3-9-25(26)31-32-34/h3-4,9-14,20,23-24,28H,5-8,15-19H2,1-2H3,(H,30,36). The number of rotatable bonds is 10. The summed E-state index contributed by atoms with van der Waals surface area (Å²) in [7, 11) is 0. The second-order valence-electron chi connectivity index (χ2n) is 10.5. The molecule has 9 nitrogen and oxygen atoms in total. The number of ether oxygens (including phenoxy) is 2. The zero-order valence-corrected chi connectivity index (χ0v) is 22.2. The fourth-order valence-electron chi connectivity index (χ4n) is 5.26. The van der Waals surface area contributed by atoms with Gasteiger partial charge in [0.1, 0.15) is 18.1 Å². The summed E-state index contributed by atoms with van der Waals surface area (Å²) in [5.74, 6) is -0.0602. The fourth-order valence-corrected chi connectivity index (χ4v) is 5.26. The molecular weight excluding hydrogens is 482 g/mol. The van der Waals surface area contributed by atoms with Crippen LogP contribution in [0.4, 0.5) is 0 Å². The number of para-hydroxylation sites is 1. The smallest absolute Gasteiger partial charge is 0.247 e. The van der Waals surface area contributed by atoms with Gasteiger partial charge in [-0.1, -0.05) is 55.5 Å². The molecule has 2 aliphatic heterocycles. The number of hydrogen-bond donors (Lipinski definition) is 1. The van der Waals surface area contributed by atoms with E-state index < -0.39 is 6.04 Å². The van der Waals surface area contributed by atoms with Crippen molar-refractivity contribution in [1.82, 2.24) is 25.2 Å². The molecule has 1 aromatic heterocycles. The summed E-state index contributed by atoms with van der Waals surface area (Å²) in [4.78, 5) is 29.5. The Labute approximate surface area is 223 Å². The Balaban J connectivity index is 1.46. The van der Waals surface area contributed by atoms with Gasteiger partial charge in [-0.05, 0) is 54.9 Å². The van der Waals surface area contributed by atoms with E-state index >= 15 is 0 Å². The summed E-state index contributed by atoms with van der Waals surface area (Å²) in [6.07, 6.45) is 3.61. The first kappa shape index (κ1) is 26.3. The molecule has 0 bridgehead atoms. The van der Waals surface area contributed by atoms with Crippen molar-refractivity contribution in [3.05, 3.63) is 59.7 Å². The maximum absolute atomic E-state index is 14.0. The molecule has 2 saturated heterocycles. The molecule has 3 aromatic rings. The summed E-state index contributed by atoms with van der Waals surface area (Å²) in [6, 6.07) is 14.8. The van der Waals surface area contributed by atoms with Gasteiger partial charge in [-0.2, -0.15) is 0 Å². The number of benzene rings is 2. The van der Waals surface area contributed by atoms with E-state index in [-0.39, 0.29) is 30.6 Å². The highest BCUT2D eigenvalue weighted by atomic mass is 16.5. The van der Waals surface area contributed by atoms with Gasteiger partial charge in [0.05, 0.1) is 17.7 Å². The zero-order valence-electron chi connectivity index (χ0n) is 22.2. The largest absolute Gasteiger partial charge is 0.376 e. The minimum atomic E-state index is -0.802. The van der Waals surface area contributed by atoms with Crippen molar-refractivity contribution in [2.75, 3.05) is 26.3 Å². The summed E-state index contributed by atoms with van der Waals surface area (Å²) in [5.41, 5.74) is 3.45. The number of nitrogens with one attached hydrogen (secondary N) is 1. The van der Waals surface area contributed by atoms with Crippen LogP contribution in [-0.4, -0.2) is 70.2 Å². The summed E-state index contributed by atoms with van der Waals surface area (Å²) in [5, 5.41) is 11.5. The molecule has 2 aromatic carbocycles. The molecule has 2 fully saturated rings. The van der Waals surface area contributed by atoms with Crippen LogP contribution in [0, 0.1) is 0 Å².